The molecule has 0 aromatic carbocycles. The Morgan fingerprint density at radius 1 is 1.39 bits per heavy atom. The molecule has 3 N–H and O–H groups in total. The molecule has 4 nitrogen and oxygen atoms in total. The molecule has 1 aromatic heterocycles. The molecule has 3 unspecified atom stereocenters. The van der Waals surface area contributed by atoms with E-state index in [0.717, 1.165) is 24.2 Å². The van der Waals surface area contributed by atoms with Crippen molar-refractivity contribution in [1.82, 2.24) is 4.98 Å². The molecular formula is C14H21N3O. The van der Waals surface area contributed by atoms with Crippen molar-refractivity contribution in [3.8, 4) is 0 Å². The molecule has 3 atom stereocenters. The monoisotopic (exact) mass is 247 g/mol. The first kappa shape index (κ1) is 11.9. The minimum Gasteiger partial charge on any atom is -0.393 e. The molecule has 18 heavy (non-hydrogen) atoms. The highest BCUT2D eigenvalue weighted by molar-refractivity contribution is 5.46. The Kier molecular flexibility index (Phi) is 2.99. The number of pyridine rings is 1. The molecule has 2 aliphatic heterocycles. The van der Waals surface area contributed by atoms with Crippen molar-refractivity contribution in [2.24, 2.45) is 5.73 Å². The molecule has 2 saturated heterocycles. The van der Waals surface area contributed by atoms with Crippen LogP contribution < -0.4 is 10.6 Å². The van der Waals surface area contributed by atoms with E-state index in [0.29, 0.717) is 12.1 Å². The smallest absolute Gasteiger partial charge is 0.129 e. The fourth-order valence-electron chi connectivity index (χ4n) is 3.38. The third-order valence-electron chi connectivity index (χ3n) is 4.27. The van der Waals surface area contributed by atoms with Gasteiger partial charge in [-0.15, -0.1) is 0 Å². The van der Waals surface area contributed by atoms with E-state index in [9.17, 15) is 5.11 Å². The first-order valence-electron chi connectivity index (χ1n) is 6.83. The third-order valence-corrected chi connectivity index (χ3v) is 4.27. The highest BCUT2D eigenvalue weighted by atomic mass is 16.3. The topological polar surface area (TPSA) is 62.4 Å². The summed E-state index contributed by atoms with van der Waals surface area (Å²) in [5, 5.41) is 9.83. The first-order valence-corrected chi connectivity index (χ1v) is 6.83. The summed E-state index contributed by atoms with van der Waals surface area (Å²) < 4.78 is 0. The summed E-state index contributed by atoms with van der Waals surface area (Å²) in [5.41, 5.74) is 7.06. The molecule has 1 aromatic rings. The zero-order valence-corrected chi connectivity index (χ0v) is 10.8. The van der Waals surface area contributed by atoms with Gasteiger partial charge in [0.1, 0.15) is 5.82 Å². The molecule has 3 heterocycles. The molecule has 2 bridgehead atoms. The Morgan fingerprint density at radius 3 is 2.67 bits per heavy atom. The number of rotatable bonds is 2. The maximum Gasteiger partial charge on any atom is 0.129 e. The first-order chi connectivity index (χ1) is 8.65. The van der Waals surface area contributed by atoms with Crippen LogP contribution in [0.1, 0.15) is 44.2 Å². The number of aliphatic hydroxyl groups excluding tert-OH is 1. The van der Waals surface area contributed by atoms with Crippen LogP contribution in [0, 0.1) is 0 Å². The van der Waals surface area contributed by atoms with Crippen molar-refractivity contribution in [3.63, 3.8) is 0 Å². The summed E-state index contributed by atoms with van der Waals surface area (Å²) in [6.45, 7) is 1.99. The van der Waals surface area contributed by atoms with Crippen molar-refractivity contribution in [1.29, 1.82) is 0 Å². The van der Waals surface area contributed by atoms with Gasteiger partial charge >= 0.3 is 0 Å². The molecule has 0 spiro atoms. The number of aliphatic hydroxyl groups is 1. The van der Waals surface area contributed by atoms with E-state index < -0.39 is 0 Å². The number of nitrogens with zero attached hydrogens (tertiary/aromatic N) is 2. The van der Waals surface area contributed by atoms with Crippen molar-refractivity contribution in [2.45, 2.75) is 56.8 Å². The Hall–Kier alpha value is -1.13. The molecule has 0 aliphatic carbocycles. The maximum absolute atomic E-state index is 9.83. The van der Waals surface area contributed by atoms with Gasteiger partial charge in [0.2, 0.25) is 0 Å². The molecular weight excluding hydrogens is 226 g/mol. The van der Waals surface area contributed by atoms with E-state index in [-0.39, 0.29) is 12.1 Å². The second-order valence-corrected chi connectivity index (χ2v) is 5.65. The van der Waals surface area contributed by atoms with Gasteiger partial charge in [0.05, 0.1) is 6.10 Å². The normalized spacial score (nSPS) is 32.6. The van der Waals surface area contributed by atoms with E-state index in [1.165, 1.54) is 12.8 Å². The summed E-state index contributed by atoms with van der Waals surface area (Å²) in [6.07, 6.45) is 5.81. The van der Waals surface area contributed by atoms with Crippen LogP contribution >= 0.6 is 0 Å². The Labute approximate surface area is 108 Å². The lowest BCUT2D eigenvalue weighted by atomic mass is 9.99. The van der Waals surface area contributed by atoms with Crippen LogP contribution in [0.4, 0.5) is 5.82 Å². The van der Waals surface area contributed by atoms with Gasteiger partial charge in [0.25, 0.3) is 0 Å². The average molecular weight is 247 g/mol. The minimum absolute atomic E-state index is 0.0415. The lowest BCUT2D eigenvalue weighted by molar-refractivity contribution is 0.126. The number of aromatic nitrogens is 1. The fourth-order valence-corrected chi connectivity index (χ4v) is 3.38. The zero-order chi connectivity index (χ0) is 12.7. The van der Waals surface area contributed by atoms with Gasteiger partial charge in [0, 0.05) is 24.3 Å². The fraction of sp³-hybridized carbons (Fsp3) is 0.643. The summed E-state index contributed by atoms with van der Waals surface area (Å²) in [4.78, 5) is 6.90. The molecule has 4 heteroatoms. The SMILES string of the molecule is CC(N)c1ccnc(N2C3CCC2CC(O)C3)c1. The van der Waals surface area contributed by atoms with Crippen molar-refractivity contribution in [2.75, 3.05) is 4.90 Å². The summed E-state index contributed by atoms with van der Waals surface area (Å²) in [5.74, 6) is 1.03. The van der Waals surface area contributed by atoms with Crippen molar-refractivity contribution < 1.29 is 5.11 Å². The molecule has 3 rings (SSSR count). The van der Waals surface area contributed by atoms with E-state index in [1.54, 1.807) is 0 Å². The van der Waals surface area contributed by atoms with Crippen LogP contribution in [0.3, 0.4) is 0 Å². The predicted molar refractivity (Wildman–Crippen MR) is 71.4 cm³/mol. The van der Waals surface area contributed by atoms with Crippen LogP contribution in [-0.2, 0) is 0 Å². The van der Waals surface area contributed by atoms with E-state index in [1.807, 2.05) is 19.2 Å². The highest BCUT2D eigenvalue weighted by Gasteiger charge is 2.40. The average Bonchev–Trinajstić information content (AvgIpc) is 2.62. The quantitative estimate of drug-likeness (QED) is 0.833. The van der Waals surface area contributed by atoms with Crippen LogP contribution in [0.2, 0.25) is 0 Å². The second-order valence-electron chi connectivity index (χ2n) is 5.65. The lowest BCUT2D eigenvalue weighted by Gasteiger charge is -2.38. The van der Waals surface area contributed by atoms with Gasteiger partial charge in [-0.25, -0.2) is 4.98 Å². The van der Waals surface area contributed by atoms with Crippen LogP contribution in [0.5, 0.6) is 0 Å². The van der Waals surface area contributed by atoms with Gasteiger partial charge in [-0.3, -0.25) is 0 Å². The van der Waals surface area contributed by atoms with Gasteiger partial charge in [-0.1, -0.05) is 0 Å². The van der Waals surface area contributed by atoms with Gasteiger partial charge in [-0.2, -0.15) is 0 Å². The Balaban J connectivity index is 1.89. The Morgan fingerprint density at radius 2 is 2.06 bits per heavy atom. The minimum atomic E-state index is -0.129. The van der Waals surface area contributed by atoms with Crippen LogP contribution in [0.25, 0.3) is 0 Å². The standard InChI is InChI=1S/C14H21N3O/c1-9(15)10-4-5-16-14(6-10)17-11-2-3-12(17)8-13(18)7-11/h4-6,9,11-13,18H,2-3,7-8,15H2,1H3. The van der Waals surface area contributed by atoms with E-state index in [2.05, 4.69) is 16.0 Å². The highest BCUT2D eigenvalue weighted by Crippen LogP contribution is 2.38. The number of nitrogens with two attached hydrogens (primary N) is 1. The van der Waals surface area contributed by atoms with Crippen molar-refractivity contribution >= 4 is 5.82 Å². The molecule has 98 valence electrons. The van der Waals surface area contributed by atoms with Gasteiger partial charge < -0.3 is 15.7 Å². The van der Waals surface area contributed by atoms with Crippen LogP contribution in [-0.4, -0.2) is 28.3 Å². The summed E-state index contributed by atoms with van der Waals surface area (Å²) in [7, 11) is 0. The molecule has 2 fully saturated rings. The molecule has 2 aliphatic rings. The molecule has 0 radical (unpaired) electrons. The predicted octanol–water partition coefficient (Wildman–Crippen LogP) is 1.59. The van der Waals surface area contributed by atoms with E-state index >= 15 is 0 Å². The number of hydrogen-bond acceptors (Lipinski definition) is 4. The number of hydrogen-bond donors (Lipinski definition) is 2. The van der Waals surface area contributed by atoms with Crippen molar-refractivity contribution in [3.05, 3.63) is 23.9 Å². The van der Waals surface area contributed by atoms with E-state index in [4.69, 9.17) is 5.73 Å². The number of anilines is 1. The lowest BCUT2D eigenvalue weighted by Crippen LogP contribution is -2.45. The molecule has 0 amide bonds. The Bertz CT molecular complexity index is 421. The number of fused-ring (bicyclic) bond motifs is 2. The third kappa shape index (κ3) is 1.99. The summed E-state index contributed by atoms with van der Waals surface area (Å²) in [6, 6.07) is 5.03. The van der Waals surface area contributed by atoms with Gasteiger partial charge in [-0.05, 0) is 50.3 Å². The second kappa shape index (κ2) is 4.52. The largest absolute Gasteiger partial charge is 0.393 e. The molecule has 0 saturated carbocycles. The maximum atomic E-state index is 9.83. The number of piperidine rings is 1. The summed E-state index contributed by atoms with van der Waals surface area (Å²) >= 11 is 0. The zero-order valence-electron chi connectivity index (χ0n) is 10.8. The van der Waals surface area contributed by atoms with Crippen LogP contribution in [0.15, 0.2) is 18.3 Å². The van der Waals surface area contributed by atoms with Gasteiger partial charge in [0.15, 0.2) is 0 Å².